The number of methoxy groups -OCH3 is 2. The van der Waals surface area contributed by atoms with Crippen LogP contribution in [-0.4, -0.2) is 26.1 Å². The van der Waals surface area contributed by atoms with Crippen molar-refractivity contribution in [2.24, 2.45) is 0 Å². The molecule has 2 aromatic carbocycles. The Morgan fingerprint density at radius 2 is 1.67 bits per heavy atom. The zero-order valence-corrected chi connectivity index (χ0v) is 14.4. The van der Waals surface area contributed by atoms with Crippen molar-refractivity contribution in [2.75, 3.05) is 14.2 Å². The summed E-state index contributed by atoms with van der Waals surface area (Å²) in [4.78, 5) is 12.5. The molecule has 0 amide bonds. The highest BCUT2D eigenvalue weighted by Gasteiger charge is 2.10. The number of benzene rings is 2. The minimum absolute atomic E-state index is 0.00813. The lowest BCUT2D eigenvalue weighted by Crippen LogP contribution is -2.09. The van der Waals surface area contributed by atoms with E-state index in [-0.39, 0.29) is 11.9 Å². The molecule has 0 unspecified atom stereocenters. The Morgan fingerprint density at radius 3 is 2.33 bits per heavy atom. The molecule has 0 N–H and O–H groups in total. The van der Waals surface area contributed by atoms with Gasteiger partial charge in [0.05, 0.1) is 25.9 Å². The van der Waals surface area contributed by atoms with E-state index < -0.39 is 0 Å². The van der Waals surface area contributed by atoms with Gasteiger partial charge in [0.25, 0.3) is 0 Å². The van der Waals surface area contributed by atoms with E-state index in [0.717, 1.165) is 5.56 Å². The zero-order valence-electron chi connectivity index (χ0n) is 14.4. The van der Waals surface area contributed by atoms with Crippen LogP contribution in [0.3, 0.4) is 0 Å². The van der Waals surface area contributed by atoms with Crippen LogP contribution in [0.2, 0.25) is 0 Å². The molecule has 2 aromatic rings. The Bertz CT molecular complexity index is 732. The first-order chi connectivity index (χ1) is 11.5. The van der Waals surface area contributed by atoms with E-state index in [1.165, 1.54) is 6.08 Å². The van der Waals surface area contributed by atoms with Crippen molar-refractivity contribution in [3.05, 3.63) is 59.7 Å². The van der Waals surface area contributed by atoms with Crippen LogP contribution in [-0.2, 0) is 0 Å². The van der Waals surface area contributed by atoms with Gasteiger partial charge in [-0.1, -0.05) is 24.3 Å². The predicted molar refractivity (Wildman–Crippen MR) is 95.1 cm³/mol. The zero-order chi connectivity index (χ0) is 17.5. The van der Waals surface area contributed by atoms with E-state index >= 15 is 0 Å². The molecule has 0 aliphatic heterocycles. The summed E-state index contributed by atoms with van der Waals surface area (Å²) in [5.74, 6) is 1.75. The normalized spacial score (nSPS) is 10.9. The standard InChI is InChI=1S/C20H22O4/c1-14(2)24-18-8-6-5-7-16(18)17(21)11-9-15-10-12-19(22-3)20(13-15)23-4/h5-14H,1-4H3/b11-9+. The topological polar surface area (TPSA) is 44.8 Å². The SMILES string of the molecule is COc1ccc(/C=C/C(=O)c2ccccc2OC(C)C)cc1OC. The molecule has 0 radical (unpaired) electrons. The van der Waals surface area contributed by atoms with Gasteiger partial charge >= 0.3 is 0 Å². The monoisotopic (exact) mass is 326 g/mol. The third kappa shape index (κ3) is 4.38. The number of carbonyl (C=O) groups is 1. The van der Waals surface area contributed by atoms with Crippen molar-refractivity contribution < 1.29 is 19.0 Å². The van der Waals surface area contributed by atoms with E-state index in [2.05, 4.69) is 0 Å². The van der Waals surface area contributed by atoms with Crippen molar-refractivity contribution in [3.63, 3.8) is 0 Å². The summed E-state index contributed by atoms with van der Waals surface area (Å²) >= 11 is 0. The summed E-state index contributed by atoms with van der Waals surface area (Å²) in [6, 6.07) is 12.7. The van der Waals surface area contributed by atoms with Gasteiger partial charge in [-0.05, 0) is 49.8 Å². The highest BCUT2D eigenvalue weighted by atomic mass is 16.5. The number of allylic oxidation sites excluding steroid dienone is 1. The molecule has 2 rings (SSSR count). The van der Waals surface area contributed by atoms with Gasteiger partial charge < -0.3 is 14.2 Å². The van der Waals surface area contributed by atoms with Crippen LogP contribution in [0.1, 0.15) is 29.8 Å². The number of carbonyl (C=O) groups excluding carboxylic acids is 1. The lowest BCUT2D eigenvalue weighted by atomic mass is 10.1. The summed E-state index contributed by atoms with van der Waals surface area (Å²) in [6.45, 7) is 3.86. The maximum atomic E-state index is 12.5. The number of hydrogen-bond donors (Lipinski definition) is 0. The first kappa shape index (κ1) is 17.6. The number of hydrogen-bond acceptors (Lipinski definition) is 4. The molecule has 0 aliphatic rings. The van der Waals surface area contributed by atoms with Crippen LogP contribution in [0, 0.1) is 0 Å². The highest BCUT2D eigenvalue weighted by Crippen LogP contribution is 2.28. The van der Waals surface area contributed by atoms with Crippen LogP contribution in [0.5, 0.6) is 17.2 Å². The lowest BCUT2D eigenvalue weighted by Gasteiger charge is -2.12. The number of ketones is 1. The lowest BCUT2D eigenvalue weighted by molar-refractivity contribution is 0.104. The van der Waals surface area contributed by atoms with Gasteiger partial charge in [-0.25, -0.2) is 0 Å². The minimum Gasteiger partial charge on any atom is -0.493 e. The first-order valence-corrected chi connectivity index (χ1v) is 7.75. The molecule has 4 nitrogen and oxygen atoms in total. The van der Waals surface area contributed by atoms with Crippen molar-refractivity contribution in [1.29, 1.82) is 0 Å². The van der Waals surface area contributed by atoms with Crippen molar-refractivity contribution in [1.82, 2.24) is 0 Å². The van der Waals surface area contributed by atoms with Gasteiger partial charge in [0.1, 0.15) is 5.75 Å². The molecule has 0 saturated carbocycles. The molecule has 126 valence electrons. The van der Waals surface area contributed by atoms with Gasteiger partial charge in [0, 0.05) is 0 Å². The minimum atomic E-state index is -0.110. The summed E-state index contributed by atoms with van der Waals surface area (Å²) in [6.07, 6.45) is 3.29. The van der Waals surface area contributed by atoms with E-state index in [0.29, 0.717) is 22.8 Å². The van der Waals surface area contributed by atoms with Gasteiger partial charge in [-0.3, -0.25) is 4.79 Å². The Balaban J connectivity index is 2.22. The van der Waals surface area contributed by atoms with Crippen LogP contribution < -0.4 is 14.2 Å². The maximum absolute atomic E-state index is 12.5. The van der Waals surface area contributed by atoms with E-state index in [4.69, 9.17) is 14.2 Å². The average Bonchev–Trinajstić information content (AvgIpc) is 2.59. The number of para-hydroxylation sites is 1. The molecular weight excluding hydrogens is 304 g/mol. The molecule has 0 saturated heterocycles. The first-order valence-electron chi connectivity index (χ1n) is 7.75. The van der Waals surface area contributed by atoms with Gasteiger partial charge in [0.2, 0.25) is 0 Å². The maximum Gasteiger partial charge on any atom is 0.189 e. The van der Waals surface area contributed by atoms with Crippen LogP contribution in [0.25, 0.3) is 6.08 Å². The molecule has 0 fully saturated rings. The largest absolute Gasteiger partial charge is 0.493 e. The fraction of sp³-hybridized carbons (Fsp3) is 0.250. The molecule has 0 heterocycles. The summed E-state index contributed by atoms with van der Waals surface area (Å²) in [5.41, 5.74) is 1.39. The highest BCUT2D eigenvalue weighted by molar-refractivity contribution is 6.08. The van der Waals surface area contributed by atoms with Crippen LogP contribution in [0.4, 0.5) is 0 Å². The molecule has 0 bridgehead atoms. The molecule has 0 spiro atoms. The summed E-state index contributed by atoms with van der Waals surface area (Å²) in [7, 11) is 3.17. The fourth-order valence-electron chi connectivity index (χ4n) is 2.25. The molecule has 4 heteroatoms. The van der Waals surface area contributed by atoms with Crippen molar-refractivity contribution in [2.45, 2.75) is 20.0 Å². The van der Waals surface area contributed by atoms with E-state index in [1.54, 1.807) is 38.5 Å². The molecular formula is C20H22O4. The average molecular weight is 326 g/mol. The Kier molecular flexibility index (Phi) is 6.01. The second kappa shape index (κ2) is 8.20. The van der Waals surface area contributed by atoms with Crippen molar-refractivity contribution in [3.8, 4) is 17.2 Å². The molecule has 24 heavy (non-hydrogen) atoms. The second-order valence-electron chi connectivity index (χ2n) is 5.47. The Labute approximate surface area is 142 Å². The van der Waals surface area contributed by atoms with Crippen molar-refractivity contribution >= 4 is 11.9 Å². The van der Waals surface area contributed by atoms with E-state index in [1.807, 2.05) is 38.1 Å². The third-order valence-electron chi connectivity index (χ3n) is 3.35. The van der Waals surface area contributed by atoms with Gasteiger partial charge in [-0.2, -0.15) is 0 Å². The molecule has 0 aliphatic carbocycles. The molecule has 0 atom stereocenters. The molecule has 0 aromatic heterocycles. The van der Waals surface area contributed by atoms with Crippen LogP contribution in [0.15, 0.2) is 48.5 Å². The quantitative estimate of drug-likeness (QED) is 0.559. The van der Waals surface area contributed by atoms with Gasteiger partial charge in [-0.15, -0.1) is 0 Å². The second-order valence-corrected chi connectivity index (χ2v) is 5.47. The number of ether oxygens (including phenoxy) is 3. The van der Waals surface area contributed by atoms with E-state index in [9.17, 15) is 4.79 Å². The number of rotatable bonds is 7. The Hall–Kier alpha value is -2.75. The summed E-state index contributed by atoms with van der Waals surface area (Å²) in [5, 5.41) is 0. The smallest absolute Gasteiger partial charge is 0.189 e. The third-order valence-corrected chi connectivity index (χ3v) is 3.35. The fourth-order valence-corrected chi connectivity index (χ4v) is 2.25. The van der Waals surface area contributed by atoms with Crippen LogP contribution >= 0.6 is 0 Å². The predicted octanol–water partition coefficient (Wildman–Crippen LogP) is 4.39. The van der Waals surface area contributed by atoms with Gasteiger partial charge in [0.15, 0.2) is 17.3 Å². The Morgan fingerprint density at radius 1 is 0.958 bits per heavy atom. The summed E-state index contributed by atoms with van der Waals surface area (Å²) < 4.78 is 16.2.